The van der Waals surface area contributed by atoms with E-state index >= 15 is 0 Å². The molecule has 6 heteroatoms. The maximum absolute atomic E-state index is 13.4. The van der Waals surface area contributed by atoms with Crippen molar-refractivity contribution in [2.24, 2.45) is 0 Å². The Hall–Kier alpha value is -3.18. The summed E-state index contributed by atoms with van der Waals surface area (Å²) in [5.74, 6) is -1.61. The highest BCUT2D eigenvalue weighted by Gasteiger charge is 2.28. The third-order valence-corrected chi connectivity index (χ3v) is 5.60. The quantitative estimate of drug-likeness (QED) is 0.349. The number of fused-ring (bicyclic) bond motifs is 3. The summed E-state index contributed by atoms with van der Waals surface area (Å²) in [6.45, 7) is 0.588. The van der Waals surface area contributed by atoms with Crippen molar-refractivity contribution in [3.63, 3.8) is 0 Å². The predicted octanol–water partition coefficient (Wildman–Crippen LogP) is 6.56. The molecule has 1 N–H and O–H groups in total. The van der Waals surface area contributed by atoms with E-state index in [2.05, 4.69) is 29.6 Å². The molecule has 158 valence electrons. The standard InChI is InChI=1S/C25H20ClF2NO2/c26-24-22(27)13-16(14-23(24)28)7-5-6-12-29-25(30)31-15-21-19-10-3-1-8-17(19)18-9-2-4-11-20(18)21/h1-5,7-11,13-14,21H,6,12,15H2,(H,29,30). The van der Waals surface area contributed by atoms with E-state index in [0.717, 1.165) is 23.3 Å². The Morgan fingerprint density at radius 3 is 2.19 bits per heavy atom. The molecular formula is C25H20ClF2NO2. The Kier molecular flexibility index (Phi) is 6.33. The number of rotatable bonds is 6. The number of carbonyl (C=O) groups is 1. The second-order valence-electron chi connectivity index (χ2n) is 7.24. The SMILES string of the molecule is O=C(NCCC=Cc1cc(F)c(Cl)c(F)c1)OCC1c2ccccc2-c2ccccc21. The predicted molar refractivity (Wildman–Crippen MR) is 118 cm³/mol. The first-order valence-electron chi connectivity index (χ1n) is 9.94. The van der Waals surface area contributed by atoms with Crippen molar-refractivity contribution in [1.29, 1.82) is 0 Å². The minimum absolute atomic E-state index is 0.00717. The summed E-state index contributed by atoms with van der Waals surface area (Å²) in [7, 11) is 0. The zero-order valence-corrected chi connectivity index (χ0v) is 17.3. The number of amides is 1. The van der Waals surface area contributed by atoms with Crippen LogP contribution in [0.2, 0.25) is 5.02 Å². The highest BCUT2D eigenvalue weighted by Crippen LogP contribution is 2.44. The number of alkyl carbamates (subject to hydrolysis) is 1. The van der Waals surface area contributed by atoms with Crippen LogP contribution in [0.1, 0.15) is 29.0 Å². The van der Waals surface area contributed by atoms with E-state index in [0.29, 0.717) is 18.5 Å². The molecule has 0 radical (unpaired) electrons. The van der Waals surface area contributed by atoms with Gasteiger partial charge in [-0.3, -0.25) is 0 Å². The highest BCUT2D eigenvalue weighted by atomic mass is 35.5. The molecule has 31 heavy (non-hydrogen) atoms. The van der Waals surface area contributed by atoms with Crippen molar-refractivity contribution < 1.29 is 18.3 Å². The van der Waals surface area contributed by atoms with Crippen LogP contribution in [-0.4, -0.2) is 19.2 Å². The Labute approximate surface area is 184 Å². The Morgan fingerprint density at radius 2 is 1.58 bits per heavy atom. The summed E-state index contributed by atoms with van der Waals surface area (Å²) < 4.78 is 32.3. The van der Waals surface area contributed by atoms with Gasteiger partial charge in [0, 0.05) is 12.5 Å². The third-order valence-electron chi connectivity index (χ3n) is 5.24. The molecule has 0 heterocycles. The third kappa shape index (κ3) is 4.62. The fraction of sp³-hybridized carbons (Fsp3) is 0.160. The van der Waals surface area contributed by atoms with Gasteiger partial charge in [0.25, 0.3) is 0 Å². The lowest BCUT2D eigenvalue weighted by atomic mass is 9.98. The molecule has 0 spiro atoms. The molecular weight excluding hydrogens is 420 g/mol. The van der Waals surface area contributed by atoms with Crippen LogP contribution in [0.5, 0.6) is 0 Å². The maximum atomic E-state index is 13.4. The molecule has 0 aromatic heterocycles. The highest BCUT2D eigenvalue weighted by molar-refractivity contribution is 6.30. The molecule has 0 saturated heterocycles. The van der Waals surface area contributed by atoms with E-state index < -0.39 is 22.8 Å². The molecule has 3 aromatic rings. The van der Waals surface area contributed by atoms with Gasteiger partial charge in [-0.2, -0.15) is 0 Å². The van der Waals surface area contributed by atoms with Gasteiger partial charge in [-0.15, -0.1) is 0 Å². The van der Waals surface area contributed by atoms with E-state index in [1.165, 1.54) is 11.1 Å². The van der Waals surface area contributed by atoms with Crippen molar-refractivity contribution >= 4 is 23.8 Å². The van der Waals surface area contributed by atoms with Crippen LogP contribution in [0, 0.1) is 11.6 Å². The molecule has 0 unspecified atom stereocenters. The second kappa shape index (κ2) is 9.31. The number of halogens is 3. The van der Waals surface area contributed by atoms with Gasteiger partial charge in [-0.05, 0) is 46.4 Å². The first kappa shape index (κ1) is 21.1. The van der Waals surface area contributed by atoms with Gasteiger partial charge in [0.2, 0.25) is 0 Å². The minimum atomic E-state index is -0.807. The lowest BCUT2D eigenvalue weighted by molar-refractivity contribution is 0.143. The van der Waals surface area contributed by atoms with Crippen LogP contribution in [0.25, 0.3) is 17.2 Å². The van der Waals surface area contributed by atoms with Crippen molar-refractivity contribution in [3.05, 3.63) is 100 Å². The Morgan fingerprint density at radius 1 is 1.00 bits per heavy atom. The number of benzene rings is 3. The van der Waals surface area contributed by atoms with Crippen LogP contribution in [0.3, 0.4) is 0 Å². The Bertz CT molecular complexity index is 1080. The molecule has 3 aromatic carbocycles. The molecule has 0 bridgehead atoms. The monoisotopic (exact) mass is 439 g/mol. The van der Waals surface area contributed by atoms with Crippen LogP contribution in [0.4, 0.5) is 13.6 Å². The number of ether oxygens (including phenoxy) is 1. The maximum Gasteiger partial charge on any atom is 0.407 e. The molecule has 0 atom stereocenters. The van der Waals surface area contributed by atoms with Gasteiger partial charge in [-0.1, -0.05) is 72.3 Å². The van der Waals surface area contributed by atoms with E-state index in [9.17, 15) is 13.6 Å². The summed E-state index contributed by atoms with van der Waals surface area (Å²) in [6, 6.07) is 18.6. The van der Waals surface area contributed by atoms with Gasteiger partial charge in [-0.25, -0.2) is 13.6 Å². The fourth-order valence-corrected chi connectivity index (χ4v) is 3.91. The molecule has 0 aliphatic heterocycles. The summed E-state index contributed by atoms with van der Waals surface area (Å²) in [4.78, 5) is 12.1. The Balaban J connectivity index is 1.28. The van der Waals surface area contributed by atoms with Crippen LogP contribution in [-0.2, 0) is 4.74 Å². The molecule has 1 aliphatic carbocycles. The van der Waals surface area contributed by atoms with Crippen molar-refractivity contribution in [1.82, 2.24) is 5.32 Å². The summed E-state index contributed by atoms with van der Waals surface area (Å²) in [6.07, 6.45) is 3.27. The molecule has 1 amide bonds. The first-order chi connectivity index (χ1) is 15.0. The van der Waals surface area contributed by atoms with Gasteiger partial charge >= 0.3 is 6.09 Å². The summed E-state index contributed by atoms with van der Waals surface area (Å²) >= 11 is 5.47. The second-order valence-corrected chi connectivity index (χ2v) is 7.62. The van der Waals surface area contributed by atoms with Gasteiger partial charge in [0.1, 0.15) is 23.3 Å². The van der Waals surface area contributed by atoms with Crippen LogP contribution >= 0.6 is 11.6 Å². The number of nitrogens with one attached hydrogen (secondary N) is 1. The van der Waals surface area contributed by atoms with Crippen LogP contribution in [0.15, 0.2) is 66.7 Å². The average molecular weight is 440 g/mol. The van der Waals surface area contributed by atoms with E-state index in [1.54, 1.807) is 12.2 Å². The topological polar surface area (TPSA) is 38.3 Å². The number of hydrogen-bond donors (Lipinski definition) is 1. The summed E-state index contributed by atoms with van der Waals surface area (Å²) in [5.41, 5.74) is 5.02. The summed E-state index contributed by atoms with van der Waals surface area (Å²) in [5, 5.41) is 2.17. The van der Waals surface area contributed by atoms with Crippen LogP contribution < -0.4 is 5.32 Å². The number of carbonyl (C=O) groups excluding carboxylic acids is 1. The molecule has 3 nitrogen and oxygen atoms in total. The minimum Gasteiger partial charge on any atom is -0.449 e. The van der Waals surface area contributed by atoms with E-state index in [4.69, 9.17) is 16.3 Å². The molecule has 0 saturated carbocycles. The average Bonchev–Trinajstić information content (AvgIpc) is 3.09. The zero-order valence-electron chi connectivity index (χ0n) is 16.6. The van der Waals surface area contributed by atoms with Gasteiger partial charge in [0.05, 0.1) is 0 Å². The largest absolute Gasteiger partial charge is 0.449 e. The smallest absolute Gasteiger partial charge is 0.407 e. The normalized spacial score (nSPS) is 12.6. The first-order valence-corrected chi connectivity index (χ1v) is 10.3. The van der Waals surface area contributed by atoms with E-state index in [1.807, 2.05) is 24.3 Å². The lowest BCUT2D eigenvalue weighted by Gasteiger charge is -2.14. The molecule has 1 aliphatic rings. The fourth-order valence-electron chi connectivity index (χ4n) is 3.80. The van der Waals surface area contributed by atoms with E-state index in [-0.39, 0.29) is 12.5 Å². The van der Waals surface area contributed by atoms with Gasteiger partial charge in [0.15, 0.2) is 0 Å². The zero-order chi connectivity index (χ0) is 21.8. The van der Waals surface area contributed by atoms with Gasteiger partial charge < -0.3 is 10.1 Å². The molecule has 0 fully saturated rings. The lowest BCUT2D eigenvalue weighted by Crippen LogP contribution is -2.26. The molecule has 4 rings (SSSR count). The number of hydrogen-bond acceptors (Lipinski definition) is 2. The van der Waals surface area contributed by atoms with Crippen molar-refractivity contribution in [3.8, 4) is 11.1 Å². The van der Waals surface area contributed by atoms with Crippen molar-refractivity contribution in [2.45, 2.75) is 12.3 Å². The van der Waals surface area contributed by atoms with Crippen molar-refractivity contribution in [2.75, 3.05) is 13.2 Å².